The Morgan fingerprint density at radius 3 is 2.83 bits per heavy atom. The summed E-state index contributed by atoms with van der Waals surface area (Å²) in [7, 11) is 0. The number of rotatable bonds is 2. The van der Waals surface area contributed by atoms with Crippen LogP contribution >= 0.6 is 16.1 Å². The third-order valence-electron chi connectivity index (χ3n) is 4.58. The van der Waals surface area contributed by atoms with E-state index in [1.807, 2.05) is 45.2 Å². The lowest BCUT2D eigenvalue weighted by atomic mass is 9.95. The maximum absolute atomic E-state index is 12.7. The molecule has 1 aliphatic heterocycles. The standard InChI is InChI=1S/C17H17BrN4O/c18-22-10-5-12-1-2-14(11-15(12)22)17(23)21-8-3-13(4-9-21)16-19-6-7-20-16/h1-2,5-7,10-11,13H,3-4,8-9H2,(H,19,20). The molecule has 0 saturated carbocycles. The zero-order chi connectivity index (χ0) is 15.8. The quantitative estimate of drug-likeness (QED) is 0.747. The number of carbonyl (C=O) groups excluding carboxylic acids is 1. The van der Waals surface area contributed by atoms with E-state index in [2.05, 4.69) is 26.1 Å². The molecule has 1 N–H and O–H groups in total. The summed E-state index contributed by atoms with van der Waals surface area (Å²) in [4.78, 5) is 22.2. The third-order valence-corrected chi connectivity index (χ3v) is 5.20. The lowest BCUT2D eigenvalue weighted by molar-refractivity contribution is 0.0711. The number of aromatic nitrogens is 3. The van der Waals surface area contributed by atoms with Crippen molar-refractivity contribution in [1.82, 2.24) is 18.5 Å². The first-order valence-corrected chi connectivity index (χ1v) is 8.49. The molecule has 5 nitrogen and oxygen atoms in total. The van der Waals surface area contributed by atoms with Gasteiger partial charge in [-0.3, -0.25) is 8.39 Å². The van der Waals surface area contributed by atoms with E-state index in [0.717, 1.165) is 48.2 Å². The molecule has 118 valence electrons. The Morgan fingerprint density at radius 2 is 2.09 bits per heavy atom. The first-order valence-electron chi connectivity index (χ1n) is 7.78. The molecule has 3 heterocycles. The molecule has 0 unspecified atom stereocenters. The van der Waals surface area contributed by atoms with E-state index < -0.39 is 0 Å². The largest absolute Gasteiger partial charge is 0.348 e. The van der Waals surface area contributed by atoms with Gasteiger partial charge in [-0.05, 0) is 31.0 Å². The number of nitrogens with one attached hydrogen (secondary N) is 1. The molecule has 23 heavy (non-hydrogen) atoms. The summed E-state index contributed by atoms with van der Waals surface area (Å²) in [5.74, 6) is 1.57. The number of H-pyrrole nitrogens is 1. The highest BCUT2D eigenvalue weighted by molar-refractivity contribution is 9.08. The van der Waals surface area contributed by atoms with Gasteiger partial charge in [-0.2, -0.15) is 0 Å². The van der Waals surface area contributed by atoms with Gasteiger partial charge in [-0.25, -0.2) is 4.98 Å². The summed E-state index contributed by atoms with van der Waals surface area (Å²) in [6.45, 7) is 1.55. The van der Waals surface area contributed by atoms with Gasteiger partial charge in [0, 0.05) is 48.5 Å². The molecule has 0 bridgehead atoms. The maximum atomic E-state index is 12.7. The molecular formula is C17H17BrN4O. The fourth-order valence-corrected chi connectivity index (χ4v) is 3.69. The van der Waals surface area contributed by atoms with Crippen LogP contribution in [0.5, 0.6) is 0 Å². The summed E-state index contributed by atoms with van der Waals surface area (Å²) >= 11 is 3.46. The molecule has 2 aromatic heterocycles. The van der Waals surface area contributed by atoms with Crippen LogP contribution in [-0.4, -0.2) is 37.5 Å². The fourth-order valence-electron chi connectivity index (χ4n) is 3.27. The number of benzene rings is 1. The van der Waals surface area contributed by atoms with Gasteiger partial charge in [0.25, 0.3) is 5.91 Å². The second kappa shape index (κ2) is 5.85. The smallest absolute Gasteiger partial charge is 0.253 e. The number of amides is 1. The van der Waals surface area contributed by atoms with Gasteiger partial charge in [0.05, 0.1) is 21.7 Å². The number of nitrogens with zero attached hydrogens (tertiary/aromatic N) is 3. The predicted molar refractivity (Wildman–Crippen MR) is 92.7 cm³/mol. The van der Waals surface area contributed by atoms with Crippen LogP contribution in [0.4, 0.5) is 0 Å². The number of hydrogen-bond acceptors (Lipinski definition) is 2. The van der Waals surface area contributed by atoms with E-state index in [9.17, 15) is 4.79 Å². The van der Waals surface area contributed by atoms with Crippen LogP contribution in [0.2, 0.25) is 0 Å². The molecule has 0 radical (unpaired) electrons. The normalized spacial score (nSPS) is 16.1. The summed E-state index contributed by atoms with van der Waals surface area (Å²) < 4.78 is 1.86. The van der Waals surface area contributed by atoms with E-state index in [1.165, 1.54) is 0 Å². The van der Waals surface area contributed by atoms with Gasteiger partial charge in [0.2, 0.25) is 0 Å². The van der Waals surface area contributed by atoms with Gasteiger partial charge in [0.1, 0.15) is 5.82 Å². The molecule has 1 amide bonds. The van der Waals surface area contributed by atoms with Gasteiger partial charge in [0.15, 0.2) is 0 Å². The second-order valence-corrected chi connectivity index (χ2v) is 6.71. The van der Waals surface area contributed by atoms with Crippen molar-refractivity contribution in [3.05, 3.63) is 54.2 Å². The van der Waals surface area contributed by atoms with Crippen molar-refractivity contribution < 1.29 is 4.79 Å². The number of hydrogen-bond donors (Lipinski definition) is 1. The molecule has 1 saturated heterocycles. The Hall–Kier alpha value is -2.08. The number of piperidine rings is 1. The average molecular weight is 373 g/mol. The molecule has 0 spiro atoms. The predicted octanol–water partition coefficient (Wildman–Crippen LogP) is 3.54. The Morgan fingerprint density at radius 1 is 1.26 bits per heavy atom. The lowest BCUT2D eigenvalue weighted by Crippen LogP contribution is -2.38. The SMILES string of the molecule is O=C(c1ccc2ccn(Br)c2c1)N1CCC(c2ncc[nH]2)CC1. The highest BCUT2D eigenvalue weighted by Crippen LogP contribution is 2.27. The zero-order valence-electron chi connectivity index (χ0n) is 12.6. The minimum atomic E-state index is 0.110. The second-order valence-electron chi connectivity index (χ2n) is 5.94. The van der Waals surface area contributed by atoms with Crippen LogP contribution in [0.15, 0.2) is 42.9 Å². The van der Waals surface area contributed by atoms with E-state index in [1.54, 1.807) is 6.20 Å². The number of likely N-dealkylation sites (tertiary alicyclic amines) is 1. The third kappa shape index (κ3) is 2.67. The van der Waals surface area contributed by atoms with Gasteiger partial charge < -0.3 is 9.88 Å². The Bertz CT molecular complexity index is 832. The highest BCUT2D eigenvalue weighted by atomic mass is 79.9. The van der Waals surface area contributed by atoms with Crippen molar-refractivity contribution in [2.45, 2.75) is 18.8 Å². The maximum Gasteiger partial charge on any atom is 0.253 e. The zero-order valence-corrected chi connectivity index (χ0v) is 14.2. The topological polar surface area (TPSA) is 53.9 Å². The Kier molecular flexibility index (Phi) is 3.69. The van der Waals surface area contributed by atoms with Crippen LogP contribution in [0.25, 0.3) is 10.9 Å². The van der Waals surface area contributed by atoms with Crippen molar-refractivity contribution in [3.63, 3.8) is 0 Å². The van der Waals surface area contributed by atoms with Crippen molar-refractivity contribution in [1.29, 1.82) is 0 Å². The van der Waals surface area contributed by atoms with Gasteiger partial charge in [-0.15, -0.1) is 0 Å². The molecule has 1 fully saturated rings. The molecule has 6 heteroatoms. The van der Waals surface area contributed by atoms with Gasteiger partial charge >= 0.3 is 0 Å². The number of halogens is 1. The van der Waals surface area contributed by atoms with Crippen molar-refractivity contribution in [3.8, 4) is 0 Å². The van der Waals surface area contributed by atoms with E-state index in [4.69, 9.17) is 0 Å². The van der Waals surface area contributed by atoms with E-state index in [0.29, 0.717) is 5.92 Å². The average Bonchev–Trinajstić information content (AvgIpc) is 3.25. The molecule has 0 atom stereocenters. The molecular weight excluding hydrogens is 356 g/mol. The Balaban J connectivity index is 1.49. The molecule has 1 aromatic carbocycles. The number of carbonyl (C=O) groups is 1. The summed E-state index contributed by atoms with van der Waals surface area (Å²) in [6.07, 6.45) is 7.50. The monoisotopic (exact) mass is 372 g/mol. The summed E-state index contributed by atoms with van der Waals surface area (Å²) in [6, 6.07) is 7.88. The van der Waals surface area contributed by atoms with Crippen molar-refractivity contribution in [2.75, 3.05) is 13.1 Å². The minimum Gasteiger partial charge on any atom is -0.348 e. The number of imidazole rings is 1. The molecule has 0 aliphatic carbocycles. The number of aromatic amines is 1. The Labute approximate surface area is 142 Å². The molecule has 4 rings (SSSR count). The lowest BCUT2D eigenvalue weighted by Gasteiger charge is -2.31. The minimum absolute atomic E-state index is 0.110. The first-order chi connectivity index (χ1) is 11.2. The molecule has 3 aromatic rings. The van der Waals surface area contributed by atoms with E-state index in [-0.39, 0.29) is 5.91 Å². The highest BCUT2D eigenvalue weighted by Gasteiger charge is 2.25. The first kappa shape index (κ1) is 14.5. The van der Waals surface area contributed by atoms with Crippen LogP contribution in [0.3, 0.4) is 0 Å². The number of fused-ring (bicyclic) bond motifs is 1. The van der Waals surface area contributed by atoms with Crippen molar-refractivity contribution >= 4 is 33.0 Å². The van der Waals surface area contributed by atoms with Crippen LogP contribution in [-0.2, 0) is 0 Å². The fraction of sp³-hybridized carbons (Fsp3) is 0.294. The van der Waals surface area contributed by atoms with Crippen LogP contribution in [0.1, 0.15) is 34.9 Å². The summed E-state index contributed by atoms with van der Waals surface area (Å²) in [5.41, 5.74) is 1.76. The summed E-state index contributed by atoms with van der Waals surface area (Å²) in [5, 5.41) is 1.12. The van der Waals surface area contributed by atoms with Crippen LogP contribution in [0, 0.1) is 0 Å². The van der Waals surface area contributed by atoms with E-state index >= 15 is 0 Å². The van der Waals surface area contributed by atoms with Crippen LogP contribution < -0.4 is 0 Å². The van der Waals surface area contributed by atoms with Crippen molar-refractivity contribution in [2.24, 2.45) is 0 Å². The molecule has 1 aliphatic rings. The van der Waals surface area contributed by atoms with Gasteiger partial charge in [-0.1, -0.05) is 6.07 Å².